The summed E-state index contributed by atoms with van der Waals surface area (Å²) in [5.74, 6) is 0.715. The second-order valence-electron chi connectivity index (χ2n) is 6.50. The van der Waals surface area contributed by atoms with Crippen LogP contribution in [0.3, 0.4) is 0 Å². The van der Waals surface area contributed by atoms with Crippen molar-refractivity contribution in [2.75, 3.05) is 19.7 Å². The molecule has 1 aromatic carbocycles. The van der Waals surface area contributed by atoms with E-state index < -0.39 is 0 Å². The number of ether oxygens (including phenoxy) is 1. The Morgan fingerprint density at radius 2 is 1.93 bits per heavy atom. The number of amides is 1. The molecule has 1 fully saturated rings. The van der Waals surface area contributed by atoms with E-state index >= 15 is 0 Å². The maximum Gasteiger partial charge on any atom is 0.293 e. The molecule has 8 nitrogen and oxygen atoms in total. The van der Waals surface area contributed by atoms with E-state index in [0.29, 0.717) is 17.8 Å². The van der Waals surface area contributed by atoms with Crippen molar-refractivity contribution in [3.8, 4) is 17.0 Å². The smallest absolute Gasteiger partial charge is 0.293 e. The van der Waals surface area contributed by atoms with Gasteiger partial charge in [0.2, 0.25) is 5.91 Å². The van der Waals surface area contributed by atoms with Gasteiger partial charge < -0.3 is 9.64 Å². The Hall–Kier alpha value is -3.16. The van der Waals surface area contributed by atoms with Crippen LogP contribution in [-0.4, -0.2) is 49.9 Å². The van der Waals surface area contributed by atoms with Gasteiger partial charge in [0, 0.05) is 18.7 Å². The number of carbonyl (C=O) groups excluding carboxylic acids is 1. The van der Waals surface area contributed by atoms with Crippen molar-refractivity contribution in [3.05, 3.63) is 47.0 Å². The fraction of sp³-hybridized carbons (Fsp3) is 0.368. The number of carbonyl (C=O) groups is 1. The fourth-order valence-electron chi connectivity index (χ4n) is 3.28. The molecular weight excluding hydrogens is 346 g/mol. The zero-order valence-corrected chi connectivity index (χ0v) is 15.2. The number of likely N-dealkylation sites (tertiary alicyclic amines) is 1. The van der Waals surface area contributed by atoms with Gasteiger partial charge in [0.05, 0.1) is 12.3 Å². The fourth-order valence-corrected chi connectivity index (χ4v) is 3.28. The molecule has 27 heavy (non-hydrogen) atoms. The molecule has 0 saturated carbocycles. The van der Waals surface area contributed by atoms with Crippen LogP contribution in [0.5, 0.6) is 5.75 Å². The van der Waals surface area contributed by atoms with Gasteiger partial charge in [-0.3, -0.25) is 9.59 Å². The van der Waals surface area contributed by atoms with Crippen LogP contribution in [-0.2, 0) is 11.3 Å². The molecular formula is C19H21N5O3. The lowest BCUT2D eigenvalue weighted by atomic mass is 10.1. The van der Waals surface area contributed by atoms with Crippen molar-refractivity contribution in [1.29, 1.82) is 0 Å². The molecule has 1 saturated heterocycles. The minimum atomic E-state index is -0.324. The SMILES string of the molecule is CCOc1ccc(-c2cc3c(=O)n(CC(=O)N4CCCC4)ncn3n2)cc1. The van der Waals surface area contributed by atoms with Crippen LogP contribution in [0.25, 0.3) is 16.8 Å². The van der Waals surface area contributed by atoms with Crippen LogP contribution in [0.15, 0.2) is 41.5 Å². The highest BCUT2D eigenvalue weighted by molar-refractivity contribution is 5.76. The molecule has 8 heteroatoms. The molecule has 1 aliphatic rings. The normalized spacial score (nSPS) is 14.0. The van der Waals surface area contributed by atoms with Gasteiger partial charge in [-0.15, -0.1) is 0 Å². The average Bonchev–Trinajstić information content (AvgIpc) is 3.35. The van der Waals surface area contributed by atoms with E-state index in [1.807, 2.05) is 31.2 Å². The third-order valence-electron chi connectivity index (χ3n) is 4.69. The largest absolute Gasteiger partial charge is 0.494 e. The van der Waals surface area contributed by atoms with Crippen molar-refractivity contribution >= 4 is 11.4 Å². The predicted molar refractivity (Wildman–Crippen MR) is 99.7 cm³/mol. The van der Waals surface area contributed by atoms with Crippen LogP contribution < -0.4 is 10.3 Å². The molecule has 0 atom stereocenters. The van der Waals surface area contributed by atoms with Crippen molar-refractivity contribution in [2.45, 2.75) is 26.3 Å². The molecule has 4 rings (SSSR count). The van der Waals surface area contributed by atoms with Crippen molar-refractivity contribution in [1.82, 2.24) is 24.3 Å². The summed E-state index contributed by atoms with van der Waals surface area (Å²) >= 11 is 0. The third kappa shape index (κ3) is 3.42. The Labute approximate surface area is 156 Å². The van der Waals surface area contributed by atoms with Gasteiger partial charge in [-0.1, -0.05) is 0 Å². The maximum atomic E-state index is 12.7. The highest BCUT2D eigenvalue weighted by Gasteiger charge is 2.19. The first-order chi connectivity index (χ1) is 13.2. The zero-order chi connectivity index (χ0) is 18.8. The Kier molecular flexibility index (Phi) is 4.62. The van der Waals surface area contributed by atoms with Crippen LogP contribution in [0.1, 0.15) is 19.8 Å². The van der Waals surface area contributed by atoms with E-state index in [1.165, 1.54) is 15.5 Å². The van der Waals surface area contributed by atoms with Crippen LogP contribution in [0, 0.1) is 0 Å². The molecule has 140 valence electrons. The molecule has 3 aromatic rings. The monoisotopic (exact) mass is 367 g/mol. The Bertz CT molecular complexity index is 1020. The average molecular weight is 367 g/mol. The van der Waals surface area contributed by atoms with Crippen LogP contribution >= 0.6 is 0 Å². The van der Waals surface area contributed by atoms with E-state index in [4.69, 9.17) is 4.74 Å². The molecule has 3 heterocycles. The van der Waals surface area contributed by atoms with Gasteiger partial charge >= 0.3 is 0 Å². The van der Waals surface area contributed by atoms with Gasteiger partial charge in [0.1, 0.15) is 24.1 Å². The quantitative estimate of drug-likeness (QED) is 0.684. The molecule has 0 N–H and O–H groups in total. The zero-order valence-electron chi connectivity index (χ0n) is 15.2. The Morgan fingerprint density at radius 3 is 2.63 bits per heavy atom. The standard InChI is InChI=1S/C19H21N5O3/c1-2-27-15-7-5-14(6-8-15)16-11-17-19(26)23(20-13-24(17)21-16)12-18(25)22-9-3-4-10-22/h5-8,11,13H,2-4,9-10,12H2,1H3. The summed E-state index contributed by atoms with van der Waals surface area (Å²) in [6.07, 6.45) is 3.49. The maximum absolute atomic E-state index is 12.7. The summed E-state index contributed by atoms with van der Waals surface area (Å²) in [4.78, 5) is 26.8. The highest BCUT2D eigenvalue weighted by Crippen LogP contribution is 2.21. The van der Waals surface area contributed by atoms with Crippen molar-refractivity contribution < 1.29 is 9.53 Å². The lowest BCUT2D eigenvalue weighted by molar-refractivity contribution is -0.131. The topological polar surface area (TPSA) is 81.7 Å². The molecule has 0 bridgehead atoms. The molecule has 0 aliphatic carbocycles. The second-order valence-corrected chi connectivity index (χ2v) is 6.50. The number of rotatable bonds is 5. The minimum absolute atomic E-state index is 0.0428. The van der Waals surface area contributed by atoms with Gasteiger partial charge in [0.25, 0.3) is 5.56 Å². The lowest BCUT2D eigenvalue weighted by Gasteiger charge is -2.15. The van der Waals surface area contributed by atoms with E-state index in [1.54, 1.807) is 11.0 Å². The predicted octanol–water partition coefficient (Wildman–Crippen LogP) is 1.58. The summed E-state index contributed by atoms with van der Waals surface area (Å²) in [5.41, 5.74) is 1.61. The van der Waals surface area contributed by atoms with Crippen LogP contribution in [0.4, 0.5) is 0 Å². The minimum Gasteiger partial charge on any atom is -0.494 e. The third-order valence-corrected chi connectivity index (χ3v) is 4.69. The Balaban J connectivity index is 1.61. The summed E-state index contributed by atoms with van der Waals surface area (Å²) in [6.45, 7) is 4.01. The molecule has 1 amide bonds. The molecule has 0 spiro atoms. The summed E-state index contributed by atoms with van der Waals surface area (Å²) in [5, 5.41) is 8.52. The van der Waals surface area contributed by atoms with Gasteiger partial charge in [-0.05, 0) is 50.1 Å². The summed E-state index contributed by atoms with van der Waals surface area (Å²) in [7, 11) is 0. The number of nitrogens with zero attached hydrogens (tertiary/aromatic N) is 5. The first-order valence-corrected chi connectivity index (χ1v) is 9.12. The van der Waals surface area contributed by atoms with Crippen LogP contribution in [0.2, 0.25) is 0 Å². The molecule has 1 aliphatic heterocycles. The van der Waals surface area contributed by atoms with Crippen molar-refractivity contribution in [3.63, 3.8) is 0 Å². The first-order valence-electron chi connectivity index (χ1n) is 9.12. The van der Waals surface area contributed by atoms with E-state index in [9.17, 15) is 9.59 Å². The number of benzene rings is 1. The summed E-state index contributed by atoms with van der Waals surface area (Å²) < 4.78 is 8.10. The highest BCUT2D eigenvalue weighted by atomic mass is 16.5. The number of aromatic nitrogens is 4. The van der Waals surface area contributed by atoms with E-state index in [-0.39, 0.29) is 18.0 Å². The van der Waals surface area contributed by atoms with Gasteiger partial charge in [-0.25, -0.2) is 9.20 Å². The Morgan fingerprint density at radius 1 is 1.19 bits per heavy atom. The van der Waals surface area contributed by atoms with E-state index in [2.05, 4.69) is 10.2 Å². The van der Waals surface area contributed by atoms with Gasteiger partial charge in [-0.2, -0.15) is 10.2 Å². The second kappa shape index (κ2) is 7.22. The van der Waals surface area contributed by atoms with Crippen molar-refractivity contribution in [2.24, 2.45) is 0 Å². The first kappa shape index (κ1) is 17.3. The van der Waals surface area contributed by atoms with E-state index in [0.717, 1.165) is 37.2 Å². The molecule has 0 radical (unpaired) electrons. The van der Waals surface area contributed by atoms with Gasteiger partial charge in [0.15, 0.2) is 0 Å². The lowest BCUT2D eigenvalue weighted by Crippen LogP contribution is -2.36. The number of hydrogen-bond donors (Lipinski definition) is 0. The summed E-state index contributed by atoms with van der Waals surface area (Å²) in [6, 6.07) is 9.25. The molecule has 0 unspecified atom stereocenters. The molecule has 2 aromatic heterocycles. The number of hydrogen-bond acceptors (Lipinski definition) is 5. The number of fused-ring (bicyclic) bond motifs is 1.